The minimum atomic E-state index is -0.470. The fraction of sp³-hybridized carbons (Fsp3) is 0.455. The summed E-state index contributed by atoms with van der Waals surface area (Å²) in [5, 5.41) is 14.1. The second kappa shape index (κ2) is 6.42. The highest BCUT2D eigenvalue weighted by Gasteiger charge is 2.12. The molecule has 0 fully saturated rings. The Morgan fingerprint density at radius 2 is 2.29 bits per heavy atom. The van der Waals surface area contributed by atoms with Crippen LogP contribution in [0.5, 0.6) is 0 Å². The number of nitro benzene ring substituents is 1. The quantitative estimate of drug-likeness (QED) is 0.606. The summed E-state index contributed by atoms with van der Waals surface area (Å²) in [6.45, 7) is 2.57. The molecule has 5 nitrogen and oxygen atoms in total. The van der Waals surface area contributed by atoms with E-state index in [4.69, 9.17) is 17.3 Å². The summed E-state index contributed by atoms with van der Waals surface area (Å²) in [5.74, 6) is 0. The van der Waals surface area contributed by atoms with Crippen molar-refractivity contribution in [1.29, 1.82) is 0 Å². The molecule has 0 bridgehead atoms. The third-order valence-corrected chi connectivity index (χ3v) is 2.76. The summed E-state index contributed by atoms with van der Waals surface area (Å²) >= 11 is 5.97. The number of nitro groups is 1. The van der Waals surface area contributed by atoms with Gasteiger partial charge in [0.15, 0.2) is 0 Å². The zero-order chi connectivity index (χ0) is 12.8. The van der Waals surface area contributed by atoms with Gasteiger partial charge in [0.1, 0.15) is 0 Å². The average Bonchev–Trinajstić information content (AvgIpc) is 2.30. The van der Waals surface area contributed by atoms with Crippen LogP contribution < -0.4 is 11.1 Å². The van der Waals surface area contributed by atoms with E-state index >= 15 is 0 Å². The number of rotatable bonds is 6. The first-order chi connectivity index (χ1) is 8.08. The molecule has 0 spiro atoms. The van der Waals surface area contributed by atoms with Crippen molar-refractivity contribution >= 4 is 23.0 Å². The number of nitrogens with two attached hydrogens (primary N) is 1. The van der Waals surface area contributed by atoms with E-state index in [2.05, 4.69) is 12.2 Å². The monoisotopic (exact) mass is 257 g/mol. The number of hydrogen-bond acceptors (Lipinski definition) is 4. The van der Waals surface area contributed by atoms with E-state index in [-0.39, 0.29) is 11.7 Å². The third kappa shape index (κ3) is 3.87. The van der Waals surface area contributed by atoms with Gasteiger partial charge in [0, 0.05) is 24.7 Å². The Hall–Kier alpha value is -1.33. The summed E-state index contributed by atoms with van der Waals surface area (Å²) in [6.07, 6.45) is 1.95. The van der Waals surface area contributed by atoms with Crippen LogP contribution in [-0.2, 0) is 0 Å². The Bertz CT molecular complexity index is 398. The molecule has 1 atom stereocenters. The maximum Gasteiger partial charge on any atom is 0.271 e. The zero-order valence-corrected chi connectivity index (χ0v) is 10.4. The van der Waals surface area contributed by atoms with Gasteiger partial charge < -0.3 is 11.1 Å². The highest BCUT2D eigenvalue weighted by atomic mass is 35.5. The molecule has 0 aliphatic carbocycles. The molecule has 1 rings (SSSR count). The minimum absolute atomic E-state index is 0.0136. The van der Waals surface area contributed by atoms with Crippen molar-refractivity contribution in [3.63, 3.8) is 0 Å². The van der Waals surface area contributed by atoms with Crippen molar-refractivity contribution in [2.24, 2.45) is 5.73 Å². The van der Waals surface area contributed by atoms with Crippen molar-refractivity contribution in [2.75, 3.05) is 11.9 Å². The van der Waals surface area contributed by atoms with E-state index in [1.54, 1.807) is 6.07 Å². The molecule has 0 radical (unpaired) electrons. The maximum atomic E-state index is 10.6. The maximum absolute atomic E-state index is 10.6. The van der Waals surface area contributed by atoms with Crippen LogP contribution in [-0.4, -0.2) is 17.5 Å². The lowest BCUT2D eigenvalue weighted by Gasteiger charge is -2.18. The first-order valence-electron chi connectivity index (χ1n) is 5.49. The van der Waals surface area contributed by atoms with Gasteiger partial charge in [-0.15, -0.1) is 0 Å². The summed E-state index contributed by atoms with van der Waals surface area (Å²) in [7, 11) is 0. The van der Waals surface area contributed by atoms with E-state index < -0.39 is 4.92 Å². The van der Waals surface area contributed by atoms with Crippen LogP contribution in [0.25, 0.3) is 0 Å². The van der Waals surface area contributed by atoms with Crippen LogP contribution in [0.15, 0.2) is 18.2 Å². The van der Waals surface area contributed by atoms with E-state index in [0.717, 1.165) is 12.8 Å². The molecule has 1 unspecified atom stereocenters. The molecule has 94 valence electrons. The molecular formula is C11H16ClN3O2. The molecule has 17 heavy (non-hydrogen) atoms. The van der Waals surface area contributed by atoms with Gasteiger partial charge in [-0.1, -0.05) is 24.9 Å². The molecule has 0 amide bonds. The Balaban J connectivity index is 2.81. The lowest BCUT2D eigenvalue weighted by Crippen LogP contribution is -2.28. The highest BCUT2D eigenvalue weighted by Crippen LogP contribution is 2.27. The molecule has 6 heteroatoms. The Kier molecular flexibility index (Phi) is 5.18. The lowest BCUT2D eigenvalue weighted by atomic mass is 10.1. The van der Waals surface area contributed by atoms with Crippen molar-refractivity contribution in [3.05, 3.63) is 33.3 Å². The number of benzene rings is 1. The van der Waals surface area contributed by atoms with Crippen LogP contribution in [0.2, 0.25) is 5.02 Å². The van der Waals surface area contributed by atoms with Gasteiger partial charge in [-0.2, -0.15) is 0 Å². The zero-order valence-electron chi connectivity index (χ0n) is 9.65. The molecule has 0 aliphatic rings. The number of halogens is 1. The van der Waals surface area contributed by atoms with E-state index in [0.29, 0.717) is 17.3 Å². The summed E-state index contributed by atoms with van der Waals surface area (Å²) < 4.78 is 0. The lowest BCUT2D eigenvalue weighted by molar-refractivity contribution is -0.384. The second-order valence-electron chi connectivity index (χ2n) is 3.79. The van der Waals surface area contributed by atoms with Crippen LogP contribution in [0.3, 0.4) is 0 Å². The molecule has 0 saturated carbocycles. The predicted molar refractivity (Wildman–Crippen MR) is 69.5 cm³/mol. The third-order valence-electron chi connectivity index (χ3n) is 2.44. The summed E-state index contributed by atoms with van der Waals surface area (Å²) in [5.41, 5.74) is 6.29. The van der Waals surface area contributed by atoms with Crippen molar-refractivity contribution in [2.45, 2.75) is 25.8 Å². The van der Waals surface area contributed by atoms with Crippen LogP contribution in [0, 0.1) is 10.1 Å². The molecule has 0 aromatic heterocycles. The fourth-order valence-corrected chi connectivity index (χ4v) is 1.78. The van der Waals surface area contributed by atoms with E-state index in [1.807, 2.05) is 0 Å². The van der Waals surface area contributed by atoms with Crippen molar-refractivity contribution < 1.29 is 4.92 Å². The van der Waals surface area contributed by atoms with Crippen LogP contribution >= 0.6 is 11.6 Å². The molecule has 0 aliphatic heterocycles. The summed E-state index contributed by atoms with van der Waals surface area (Å²) in [6, 6.07) is 4.51. The van der Waals surface area contributed by atoms with Gasteiger partial charge in [0.05, 0.1) is 15.6 Å². The van der Waals surface area contributed by atoms with E-state index in [1.165, 1.54) is 12.1 Å². The molecular weight excluding hydrogens is 242 g/mol. The smallest absolute Gasteiger partial charge is 0.271 e. The Morgan fingerprint density at radius 1 is 1.59 bits per heavy atom. The topological polar surface area (TPSA) is 81.2 Å². The largest absolute Gasteiger partial charge is 0.380 e. The van der Waals surface area contributed by atoms with E-state index in [9.17, 15) is 10.1 Å². The van der Waals surface area contributed by atoms with Crippen LogP contribution in [0.4, 0.5) is 11.4 Å². The number of hydrogen-bond donors (Lipinski definition) is 2. The number of nitrogens with zero attached hydrogens (tertiary/aromatic N) is 1. The highest BCUT2D eigenvalue weighted by molar-refractivity contribution is 6.33. The van der Waals surface area contributed by atoms with Gasteiger partial charge in [-0.25, -0.2) is 0 Å². The minimum Gasteiger partial charge on any atom is -0.380 e. The van der Waals surface area contributed by atoms with Gasteiger partial charge in [-0.3, -0.25) is 10.1 Å². The van der Waals surface area contributed by atoms with Crippen molar-refractivity contribution in [1.82, 2.24) is 0 Å². The molecule has 3 N–H and O–H groups in total. The molecule has 1 aromatic carbocycles. The first-order valence-corrected chi connectivity index (χ1v) is 5.86. The number of anilines is 1. The standard InChI is InChI=1S/C11H16ClN3O2/c1-2-3-8(7-13)14-11-5-4-9(15(16)17)6-10(11)12/h4-6,8,14H,2-3,7,13H2,1H3. The molecule has 0 saturated heterocycles. The normalized spacial score (nSPS) is 12.2. The SMILES string of the molecule is CCCC(CN)Nc1ccc([N+](=O)[O-])cc1Cl. The Labute approximate surface area is 105 Å². The molecule has 1 aromatic rings. The first kappa shape index (κ1) is 13.7. The number of nitrogens with one attached hydrogen (secondary N) is 1. The fourth-order valence-electron chi connectivity index (χ4n) is 1.55. The van der Waals surface area contributed by atoms with Crippen molar-refractivity contribution in [3.8, 4) is 0 Å². The van der Waals surface area contributed by atoms with Gasteiger partial charge in [-0.05, 0) is 12.5 Å². The second-order valence-corrected chi connectivity index (χ2v) is 4.19. The summed E-state index contributed by atoms with van der Waals surface area (Å²) in [4.78, 5) is 10.1. The van der Waals surface area contributed by atoms with Crippen LogP contribution in [0.1, 0.15) is 19.8 Å². The predicted octanol–water partition coefficient (Wildman–Crippen LogP) is 2.79. The van der Waals surface area contributed by atoms with Gasteiger partial charge in [0.2, 0.25) is 0 Å². The average molecular weight is 258 g/mol. The van der Waals surface area contributed by atoms with Gasteiger partial charge >= 0.3 is 0 Å². The number of non-ortho nitro benzene ring substituents is 1. The van der Waals surface area contributed by atoms with Gasteiger partial charge in [0.25, 0.3) is 5.69 Å². The Morgan fingerprint density at radius 3 is 2.76 bits per heavy atom. The molecule has 0 heterocycles.